The molecule has 1 heterocycles. The second-order valence-electron chi connectivity index (χ2n) is 4.76. The van der Waals surface area contributed by atoms with Crippen LogP contribution in [0, 0.1) is 0 Å². The van der Waals surface area contributed by atoms with Crippen LogP contribution >= 0.6 is 12.4 Å². The van der Waals surface area contributed by atoms with Crippen LogP contribution in [0.15, 0.2) is 29.2 Å². The highest BCUT2D eigenvalue weighted by atomic mass is 35.5. The predicted octanol–water partition coefficient (Wildman–Crippen LogP) is 1.08. The summed E-state index contributed by atoms with van der Waals surface area (Å²) in [5, 5.41) is 3.14. The van der Waals surface area contributed by atoms with Gasteiger partial charge in [0.2, 0.25) is 15.7 Å². The largest absolute Gasteiger partial charge is 0.341 e. The van der Waals surface area contributed by atoms with Gasteiger partial charge in [-0.3, -0.25) is 4.79 Å². The number of hydrogen-bond acceptors (Lipinski definition) is 4. The standard InChI is InChI=1S/C13H16F2N2O3S.ClH/c14-13(15)21(19,20)11-3-1-10(2-4-11)9-12(18)17-7-5-16-6-8-17;/h1-4,13,16H,5-9H2;1H. The van der Waals surface area contributed by atoms with Gasteiger partial charge in [0.05, 0.1) is 11.3 Å². The average Bonchev–Trinajstić information content (AvgIpc) is 2.48. The van der Waals surface area contributed by atoms with Crippen molar-refractivity contribution >= 4 is 28.2 Å². The third-order valence-electron chi connectivity index (χ3n) is 3.31. The van der Waals surface area contributed by atoms with E-state index in [9.17, 15) is 22.0 Å². The zero-order valence-electron chi connectivity index (χ0n) is 11.7. The van der Waals surface area contributed by atoms with Crippen molar-refractivity contribution in [2.24, 2.45) is 0 Å². The number of nitrogens with one attached hydrogen (secondary N) is 1. The Kier molecular flexibility index (Phi) is 6.70. The van der Waals surface area contributed by atoms with Gasteiger partial charge in [-0.25, -0.2) is 8.42 Å². The molecule has 0 unspecified atom stereocenters. The summed E-state index contributed by atoms with van der Waals surface area (Å²) in [6, 6.07) is 5.02. The van der Waals surface area contributed by atoms with Crippen LogP contribution in [-0.4, -0.2) is 51.2 Å². The van der Waals surface area contributed by atoms with Crippen molar-refractivity contribution in [1.82, 2.24) is 10.2 Å². The summed E-state index contributed by atoms with van der Waals surface area (Å²) in [6.07, 6.45) is 0.134. The molecule has 0 atom stereocenters. The van der Waals surface area contributed by atoms with Crippen LogP contribution in [0.5, 0.6) is 0 Å². The smallest absolute Gasteiger partial charge is 0.340 e. The molecule has 0 spiro atoms. The summed E-state index contributed by atoms with van der Waals surface area (Å²) in [6.45, 7) is 2.77. The SMILES string of the molecule is Cl.O=C(Cc1ccc(S(=O)(=O)C(F)F)cc1)N1CCNCC1. The monoisotopic (exact) mass is 354 g/mol. The summed E-state index contributed by atoms with van der Waals surface area (Å²) in [4.78, 5) is 13.3. The minimum absolute atomic E-state index is 0. The Morgan fingerprint density at radius 1 is 1.18 bits per heavy atom. The minimum Gasteiger partial charge on any atom is -0.340 e. The highest BCUT2D eigenvalue weighted by Crippen LogP contribution is 2.19. The van der Waals surface area contributed by atoms with Crippen LogP contribution < -0.4 is 5.32 Å². The Hall–Kier alpha value is -1.25. The van der Waals surface area contributed by atoms with Gasteiger partial charge >= 0.3 is 5.76 Å². The first-order chi connectivity index (χ1) is 9.91. The Morgan fingerprint density at radius 2 is 1.73 bits per heavy atom. The van der Waals surface area contributed by atoms with Gasteiger partial charge in [-0.2, -0.15) is 8.78 Å². The molecule has 0 radical (unpaired) electrons. The Balaban J connectivity index is 0.00000242. The number of halogens is 3. The van der Waals surface area contributed by atoms with Crippen molar-refractivity contribution in [2.45, 2.75) is 17.1 Å². The van der Waals surface area contributed by atoms with E-state index in [1.807, 2.05) is 0 Å². The third-order valence-corrected chi connectivity index (χ3v) is 4.71. The number of rotatable bonds is 4. The van der Waals surface area contributed by atoms with E-state index in [1.165, 1.54) is 12.1 Å². The lowest BCUT2D eigenvalue weighted by atomic mass is 10.1. The number of amides is 1. The van der Waals surface area contributed by atoms with E-state index >= 15 is 0 Å². The zero-order chi connectivity index (χ0) is 15.5. The molecule has 22 heavy (non-hydrogen) atoms. The van der Waals surface area contributed by atoms with Crippen LogP contribution in [0.1, 0.15) is 5.56 Å². The van der Waals surface area contributed by atoms with Crippen molar-refractivity contribution in [3.63, 3.8) is 0 Å². The molecule has 1 aliphatic heterocycles. The lowest BCUT2D eigenvalue weighted by Crippen LogP contribution is -2.46. The maximum Gasteiger partial charge on any atom is 0.341 e. The van der Waals surface area contributed by atoms with Crippen LogP contribution in [0.3, 0.4) is 0 Å². The predicted molar refractivity (Wildman–Crippen MR) is 80.0 cm³/mol. The number of piperazine rings is 1. The minimum atomic E-state index is -4.58. The van der Waals surface area contributed by atoms with Gasteiger partial charge < -0.3 is 10.2 Å². The third kappa shape index (κ3) is 4.37. The maximum atomic E-state index is 12.4. The number of carbonyl (C=O) groups excluding carboxylic acids is 1. The molecule has 5 nitrogen and oxygen atoms in total. The van der Waals surface area contributed by atoms with E-state index in [0.29, 0.717) is 18.7 Å². The highest BCUT2D eigenvalue weighted by molar-refractivity contribution is 7.91. The summed E-state index contributed by atoms with van der Waals surface area (Å²) < 4.78 is 47.4. The van der Waals surface area contributed by atoms with Crippen molar-refractivity contribution in [2.75, 3.05) is 26.2 Å². The van der Waals surface area contributed by atoms with Crippen LogP contribution in [0.25, 0.3) is 0 Å². The quantitative estimate of drug-likeness (QED) is 0.878. The van der Waals surface area contributed by atoms with E-state index in [1.54, 1.807) is 4.90 Å². The second kappa shape index (κ2) is 7.85. The Labute approximate surface area is 134 Å². The highest BCUT2D eigenvalue weighted by Gasteiger charge is 2.26. The summed E-state index contributed by atoms with van der Waals surface area (Å²) in [7, 11) is -4.58. The molecule has 0 bridgehead atoms. The number of nitrogens with zero attached hydrogens (tertiary/aromatic N) is 1. The van der Waals surface area contributed by atoms with E-state index in [-0.39, 0.29) is 24.7 Å². The van der Waals surface area contributed by atoms with Gasteiger partial charge in [0.15, 0.2) is 0 Å². The maximum absolute atomic E-state index is 12.4. The fourth-order valence-electron chi connectivity index (χ4n) is 2.10. The first-order valence-corrected chi connectivity index (χ1v) is 8.05. The molecular weight excluding hydrogens is 338 g/mol. The number of hydrogen-bond donors (Lipinski definition) is 1. The summed E-state index contributed by atoms with van der Waals surface area (Å²) in [5.41, 5.74) is 0.603. The summed E-state index contributed by atoms with van der Waals surface area (Å²) in [5.74, 6) is -3.49. The Morgan fingerprint density at radius 3 is 2.23 bits per heavy atom. The van der Waals surface area contributed by atoms with E-state index < -0.39 is 20.5 Å². The molecule has 0 saturated carbocycles. The lowest BCUT2D eigenvalue weighted by molar-refractivity contribution is -0.131. The molecule has 9 heteroatoms. The number of carbonyl (C=O) groups is 1. The summed E-state index contributed by atoms with van der Waals surface area (Å²) >= 11 is 0. The van der Waals surface area contributed by atoms with Crippen LogP contribution in [0.4, 0.5) is 8.78 Å². The molecule has 1 aromatic carbocycles. The van der Waals surface area contributed by atoms with Gasteiger partial charge in [0.25, 0.3) is 0 Å². The molecule has 1 saturated heterocycles. The molecule has 1 aliphatic rings. The zero-order valence-corrected chi connectivity index (χ0v) is 13.3. The number of benzene rings is 1. The first kappa shape index (κ1) is 18.8. The molecule has 0 aromatic heterocycles. The van der Waals surface area contributed by atoms with Crippen molar-refractivity contribution < 1.29 is 22.0 Å². The number of alkyl halides is 2. The molecule has 1 fully saturated rings. The van der Waals surface area contributed by atoms with Crippen LogP contribution in [0.2, 0.25) is 0 Å². The normalized spacial score (nSPS) is 15.5. The first-order valence-electron chi connectivity index (χ1n) is 6.51. The fourth-order valence-corrected chi connectivity index (χ4v) is 2.82. The van der Waals surface area contributed by atoms with Crippen molar-refractivity contribution in [3.05, 3.63) is 29.8 Å². The Bertz CT molecular complexity index is 602. The van der Waals surface area contributed by atoms with Gasteiger partial charge in [-0.15, -0.1) is 12.4 Å². The van der Waals surface area contributed by atoms with Gasteiger partial charge in [-0.1, -0.05) is 12.1 Å². The molecule has 2 rings (SSSR count). The molecule has 1 N–H and O–H groups in total. The number of sulfone groups is 1. The molecular formula is C13H17ClF2N2O3S. The molecule has 0 aliphatic carbocycles. The van der Waals surface area contributed by atoms with Crippen molar-refractivity contribution in [1.29, 1.82) is 0 Å². The average molecular weight is 355 g/mol. The van der Waals surface area contributed by atoms with E-state index in [2.05, 4.69) is 5.32 Å². The topological polar surface area (TPSA) is 66.5 Å². The molecule has 1 amide bonds. The second-order valence-corrected chi connectivity index (χ2v) is 6.67. The fraction of sp³-hybridized carbons (Fsp3) is 0.462. The molecule has 1 aromatic rings. The van der Waals surface area contributed by atoms with Crippen LogP contribution in [-0.2, 0) is 21.1 Å². The van der Waals surface area contributed by atoms with E-state index in [0.717, 1.165) is 25.2 Å². The van der Waals surface area contributed by atoms with Gasteiger partial charge in [-0.05, 0) is 17.7 Å². The van der Waals surface area contributed by atoms with Gasteiger partial charge in [0.1, 0.15) is 0 Å². The lowest BCUT2D eigenvalue weighted by Gasteiger charge is -2.27. The van der Waals surface area contributed by atoms with E-state index in [4.69, 9.17) is 0 Å². The van der Waals surface area contributed by atoms with Crippen molar-refractivity contribution in [3.8, 4) is 0 Å². The van der Waals surface area contributed by atoms with Gasteiger partial charge in [0, 0.05) is 26.2 Å². The molecule has 124 valence electrons.